The maximum absolute atomic E-state index is 12.5. The molecule has 1 fully saturated rings. The van der Waals surface area contributed by atoms with Gasteiger partial charge in [-0.15, -0.1) is 0 Å². The molecule has 2 rings (SSSR count). The largest absolute Gasteiger partial charge is 0.435 e. The Hall–Kier alpha value is -2.70. The summed E-state index contributed by atoms with van der Waals surface area (Å²) in [6.07, 6.45) is 3.76. The Balaban J connectivity index is 2.02. The van der Waals surface area contributed by atoms with Gasteiger partial charge in [0.15, 0.2) is 5.75 Å². The van der Waals surface area contributed by atoms with E-state index in [9.17, 15) is 27.6 Å². The highest BCUT2D eigenvalue weighted by Gasteiger charge is 2.33. The summed E-state index contributed by atoms with van der Waals surface area (Å²) in [6.45, 7) is -6.62. The van der Waals surface area contributed by atoms with E-state index in [4.69, 9.17) is 0 Å². The van der Waals surface area contributed by atoms with Crippen LogP contribution in [0.5, 0.6) is 11.5 Å². The van der Waals surface area contributed by atoms with Crippen LogP contribution in [0.25, 0.3) is 0 Å². The number of carbonyl (C=O) groups excluding carboxylic acids is 1. The molecule has 1 saturated carbocycles. The standard InChI is InChI=1S/C17H19F4N3O3/c18-15(19)26-11-4-5-12(13(8-11)27-16(20)21)23-9-14(25)24-17(10-22)6-2-1-3-7-17/h4-5,8,15-16,23H,1-3,6-7,9H2,(H,24,25). The molecule has 0 unspecified atom stereocenters. The van der Waals surface area contributed by atoms with Gasteiger partial charge in [-0.2, -0.15) is 22.8 Å². The third-order valence-corrected chi connectivity index (χ3v) is 4.13. The number of hydrogen-bond donors (Lipinski definition) is 2. The van der Waals surface area contributed by atoms with Crippen LogP contribution < -0.4 is 20.1 Å². The first-order valence-corrected chi connectivity index (χ1v) is 8.33. The molecule has 1 aromatic carbocycles. The Morgan fingerprint density at radius 1 is 1.15 bits per heavy atom. The van der Waals surface area contributed by atoms with E-state index in [0.29, 0.717) is 12.8 Å². The fourth-order valence-electron chi connectivity index (χ4n) is 2.93. The monoisotopic (exact) mass is 389 g/mol. The molecule has 0 bridgehead atoms. The van der Waals surface area contributed by atoms with Crippen LogP contribution >= 0.6 is 0 Å². The van der Waals surface area contributed by atoms with Gasteiger partial charge in [0.1, 0.15) is 11.3 Å². The number of rotatable bonds is 8. The predicted octanol–water partition coefficient (Wildman–Crippen LogP) is 3.64. The lowest BCUT2D eigenvalue weighted by molar-refractivity contribution is -0.121. The van der Waals surface area contributed by atoms with Gasteiger partial charge in [-0.25, -0.2) is 0 Å². The number of nitriles is 1. The molecule has 0 spiro atoms. The molecule has 10 heteroatoms. The first-order chi connectivity index (χ1) is 12.8. The Morgan fingerprint density at radius 3 is 2.41 bits per heavy atom. The molecule has 0 heterocycles. The van der Waals surface area contributed by atoms with Crippen molar-refractivity contribution in [1.29, 1.82) is 5.26 Å². The second-order valence-electron chi connectivity index (χ2n) is 6.07. The lowest BCUT2D eigenvalue weighted by atomic mass is 9.83. The number of nitrogens with one attached hydrogen (secondary N) is 2. The van der Waals surface area contributed by atoms with Crippen LogP contribution in [0.3, 0.4) is 0 Å². The summed E-state index contributed by atoms with van der Waals surface area (Å²) in [5.41, 5.74) is -0.921. The number of benzene rings is 1. The summed E-state index contributed by atoms with van der Waals surface area (Å²) in [7, 11) is 0. The summed E-state index contributed by atoms with van der Waals surface area (Å²) >= 11 is 0. The van der Waals surface area contributed by atoms with E-state index in [0.717, 1.165) is 31.4 Å². The zero-order valence-electron chi connectivity index (χ0n) is 14.3. The van der Waals surface area contributed by atoms with Crippen molar-refractivity contribution in [3.05, 3.63) is 18.2 Å². The van der Waals surface area contributed by atoms with Crippen LogP contribution in [-0.2, 0) is 4.79 Å². The summed E-state index contributed by atoms with van der Waals surface area (Å²) in [6, 6.07) is 5.32. The minimum atomic E-state index is -3.19. The third kappa shape index (κ3) is 6.20. The number of nitrogens with zero attached hydrogens (tertiary/aromatic N) is 1. The van der Waals surface area contributed by atoms with E-state index < -0.39 is 30.4 Å². The topological polar surface area (TPSA) is 83.4 Å². The summed E-state index contributed by atoms with van der Waals surface area (Å²) < 4.78 is 58.0. The highest BCUT2D eigenvalue weighted by atomic mass is 19.3. The van der Waals surface area contributed by atoms with Crippen LogP contribution in [0.2, 0.25) is 0 Å². The van der Waals surface area contributed by atoms with Crippen molar-refractivity contribution in [3.8, 4) is 17.6 Å². The smallest absolute Gasteiger partial charge is 0.387 e. The number of carbonyl (C=O) groups is 1. The Bertz CT molecular complexity index is 688. The molecule has 6 nitrogen and oxygen atoms in total. The molecular formula is C17H19F4N3O3. The summed E-state index contributed by atoms with van der Waals surface area (Å²) in [4.78, 5) is 12.2. The quantitative estimate of drug-likeness (QED) is 0.664. The molecule has 1 amide bonds. The number of amides is 1. The number of ether oxygens (including phenoxy) is 2. The van der Waals surface area contributed by atoms with Gasteiger partial charge in [0.25, 0.3) is 0 Å². The number of halogens is 4. The molecule has 0 radical (unpaired) electrons. The molecule has 2 N–H and O–H groups in total. The van der Waals surface area contributed by atoms with E-state index in [1.165, 1.54) is 6.07 Å². The lowest BCUT2D eigenvalue weighted by Gasteiger charge is -2.31. The number of hydrogen-bond acceptors (Lipinski definition) is 5. The fourth-order valence-corrected chi connectivity index (χ4v) is 2.93. The Kier molecular flexibility index (Phi) is 7.10. The first kappa shape index (κ1) is 20.6. The van der Waals surface area contributed by atoms with Gasteiger partial charge in [0, 0.05) is 6.07 Å². The van der Waals surface area contributed by atoms with Gasteiger partial charge in [-0.05, 0) is 25.0 Å². The zero-order valence-corrected chi connectivity index (χ0v) is 14.3. The minimum Gasteiger partial charge on any atom is -0.435 e. The molecule has 0 saturated heterocycles. The number of alkyl halides is 4. The second-order valence-corrected chi connectivity index (χ2v) is 6.07. The van der Waals surface area contributed by atoms with E-state index in [-0.39, 0.29) is 18.0 Å². The highest BCUT2D eigenvalue weighted by molar-refractivity contribution is 5.82. The molecule has 0 atom stereocenters. The maximum Gasteiger partial charge on any atom is 0.387 e. The van der Waals surface area contributed by atoms with E-state index in [1.54, 1.807) is 0 Å². The third-order valence-electron chi connectivity index (χ3n) is 4.13. The molecule has 1 aliphatic carbocycles. The van der Waals surface area contributed by atoms with Crippen molar-refractivity contribution >= 4 is 11.6 Å². The average Bonchev–Trinajstić information content (AvgIpc) is 2.61. The van der Waals surface area contributed by atoms with Crippen molar-refractivity contribution in [2.24, 2.45) is 0 Å². The van der Waals surface area contributed by atoms with Crippen LogP contribution in [0.4, 0.5) is 23.2 Å². The van der Waals surface area contributed by atoms with Crippen LogP contribution in [-0.4, -0.2) is 31.2 Å². The molecule has 1 aromatic rings. The lowest BCUT2D eigenvalue weighted by Crippen LogP contribution is -2.50. The van der Waals surface area contributed by atoms with Crippen molar-refractivity contribution < 1.29 is 31.8 Å². The maximum atomic E-state index is 12.5. The SMILES string of the molecule is N#CC1(NC(=O)CNc2ccc(OC(F)F)cc2OC(F)F)CCCCC1. The van der Waals surface area contributed by atoms with Gasteiger partial charge in [0.05, 0.1) is 18.3 Å². The molecular weight excluding hydrogens is 370 g/mol. The van der Waals surface area contributed by atoms with Crippen LogP contribution in [0.1, 0.15) is 32.1 Å². The van der Waals surface area contributed by atoms with Crippen molar-refractivity contribution in [3.63, 3.8) is 0 Å². The molecule has 148 valence electrons. The van der Waals surface area contributed by atoms with Gasteiger partial charge >= 0.3 is 13.2 Å². The predicted molar refractivity (Wildman–Crippen MR) is 87.8 cm³/mol. The molecule has 0 aromatic heterocycles. The van der Waals surface area contributed by atoms with Crippen LogP contribution in [0, 0.1) is 11.3 Å². The molecule has 0 aliphatic heterocycles. The fraction of sp³-hybridized carbons (Fsp3) is 0.529. The Labute approximate surface area is 153 Å². The van der Waals surface area contributed by atoms with Crippen molar-refractivity contribution in [2.45, 2.75) is 50.9 Å². The zero-order chi connectivity index (χ0) is 19.9. The molecule has 27 heavy (non-hydrogen) atoms. The minimum absolute atomic E-state index is 0.00159. The van der Waals surface area contributed by atoms with Crippen molar-refractivity contribution in [2.75, 3.05) is 11.9 Å². The van der Waals surface area contributed by atoms with Gasteiger partial charge in [0.2, 0.25) is 5.91 Å². The molecule has 1 aliphatic rings. The average molecular weight is 389 g/mol. The second kappa shape index (κ2) is 9.30. The Morgan fingerprint density at radius 2 is 1.81 bits per heavy atom. The normalized spacial score (nSPS) is 15.9. The number of anilines is 1. The van der Waals surface area contributed by atoms with E-state index in [1.807, 2.05) is 0 Å². The van der Waals surface area contributed by atoms with Gasteiger partial charge < -0.3 is 20.1 Å². The van der Waals surface area contributed by atoms with Crippen molar-refractivity contribution in [1.82, 2.24) is 5.32 Å². The van der Waals surface area contributed by atoms with Gasteiger partial charge in [-0.3, -0.25) is 4.79 Å². The van der Waals surface area contributed by atoms with Crippen LogP contribution in [0.15, 0.2) is 18.2 Å². The van der Waals surface area contributed by atoms with E-state index >= 15 is 0 Å². The van der Waals surface area contributed by atoms with E-state index in [2.05, 4.69) is 26.2 Å². The first-order valence-electron chi connectivity index (χ1n) is 8.33. The highest BCUT2D eigenvalue weighted by Crippen LogP contribution is 2.32. The summed E-state index contributed by atoms with van der Waals surface area (Å²) in [5, 5.41) is 14.6. The van der Waals surface area contributed by atoms with Gasteiger partial charge in [-0.1, -0.05) is 19.3 Å². The summed E-state index contributed by atoms with van der Waals surface area (Å²) in [5.74, 6) is -1.29.